The molecule has 0 radical (unpaired) electrons. The van der Waals surface area contributed by atoms with E-state index in [1.54, 1.807) is 0 Å². The van der Waals surface area contributed by atoms with Gasteiger partial charge < -0.3 is 10.6 Å². The lowest BCUT2D eigenvalue weighted by molar-refractivity contribution is 1.55. The van der Waals surface area contributed by atoms with Crippen LogP contribution in [0.4, 0.5) is 22.7 Å². The molecule has 4 rings (SSSR count). The van der Waals surface area contributed by atoms with E-state index in [-0.39, 0.29) is 0 Å². The first-order valence-electron chi connectivity index (χ1n) is 8.64. The Balaban J connectivity index is 0.000000151. The van der Waals surface area contributed by atoms with Crippen molar-refractivity contribution >= 4 is 22.7 Å². The molecule has 4 aromatic rings. The van der Waals surface area contributed by atoms with E-state index < -0.39 is 0 Å². The van der Waals surface area contributed by atoms with Crippen LogP contribution in [0.2, 0.25) is 0 Å². The van der Waals surface area contributed by atoms with Gasteiger partial charge in [0, 0.05) is 22.7 Å². The van der Waals surface area contributed by atoms with E-state index in [0.29, 0.717) is 0 Å². The Morgan fingerprint density at radius 1 is 0.269 bits per heavy atom. The van der Waals surface area contributed by atoms with E-state index in [1.165, 1.54) is 0 Å². The summed E-state index contributed by atoms with van der Waals surface area (Å²) in [4.78, 5) is 0. The van der Waals surface area contributed by atoms with Gasteiger partial charge in [-0.15, -0.1) is 0 Å². The first kappa shape index (κ1) is 17.3. The van der Waals surface area contributed by atoms with Crippen LogP contribution in [0.3, 0.4) is 0 Å². The molecule has 0 aromatic heterocycles. The van der Waals surface area contributed by atoms with Crippen molar-refractivity contribution < 1.29 is 0 Å². The molecule has 0 aliphatic heterocycles. The zero-order valence-electron chi connectivity index (χ0n) is 14.5. The lowest BCUT2D eigenvalue weighted by Gasteiger charge is -2.04. The van der Waals surface area contributed by atoms with Gasteiger partial charge in [0.15, 0.2) is 0 Å². The molecule has 0 saturated heterocycles. The Bertz CT molecular complexity index is 709. The normalized spacial score (nSPS) is 9.54. The number of rotatable bonds is 4. The van der Waals surface area contributed by atoms with Gasteiger partial charge in [0.1, 0.15) is 0 Å². The second-order valence-corrected chi connectivity index (χ2v) is 5.71. The maximum atomic E-state index is 3.30. The molecule has 0 saturated carbocycles. The van der Waals surface area contributed by atoms with Gasteiger partial charge in [0.05, 0.1) is 0 Å². The molecule has 0 bridgehead atoms. The molecule has 0 aliphatic rings. The average Bonchev–Trinajstić information content (AvgIpc) is 2.72. The third-order valence-electron chi connectivity index (χ3n) is 3.67. The van der Waals surface area contributed by atoms with Crippen molar-refractivity contribution in [3.05, 3.63) is 121 Å². The van der Waals surface area contributed by atoms with Gasteiger partial charge in [0.25, 0.3) is 0 Å². The fourth-order valence-corrected chi connectivity index (χ4v) is 2.42. The van der Waals surface area contributed by atoms with Crippen LogP contribution in [0.5, 0.6) is 0 Å². The van der Waals surface area contributed by atoms with Crippen LogP contribution < -0.4 is 10.6 Å². The maximum absolute atomic E-state index is 3.30. The van der Waals surface area contributed by atoms with Crippen LogP contribution in [-0.4, -0.2) is 0 Å². The summed E-state index contributed by atoms with van der Waals surface area (Å²) in [5.74, 6) is 0. The third-order valence-corrected chi connectivity index (χ3v) is 3.67. The predicted octanol–water partition coefficient (Wildman–Crippen LogP) is 6.86. The number of hydrogen-bond acceptors (Lipinski definition) is 2. The summed E-state index contributed by atoms with van der Waals surface area (Å²) >= 11 is 0. The van der Waals surface area contributed by atoms with Gasteiger partial charge in [-0.3, -0.25) is 0 Å². The average molecular weight is 338 g/mol. The van der Waals surface area contributed by atoms with E-state index in [0.717, 1.165) is 22.7 Å². The van der Waals surface area contributed by atoms with E-state index in [2.05, 4.69) is 10.6 Å². The molecule has 128 valence electrons. The van der Waals surface area contributed by atoms with Gasteiger partial charge >= 0.3 is 0 Å². The largest absolute Gasteiger partial charge is 0.356 e. The van der Waals surface area contributed by atoms with Crippen LogP contribution in [-0.2, 0) is 0 Å². The highest BCUT2D eigenvalue weighted by Gasteiger charge is 1.90. The molecule has 0 amide bonds. The fourth-order valence-electron chi connectivity index (χ4n) is 2.42. The number of benzene rings is 4. The van der Waals surface area contributed by atoms with E-state index >= 15 is 0 Å². The van der Waals surface area contributed by atoms with E-state index in [4.69, 9.17) is 0 Å². The molecule has 0 atom stereocenters. The van der Waals surface area contributed by atoms with Crippen LogP contribution in [0, 0.1) is 0 Å². The van der Waals surface area contributed by atoms with E-state index in [1.807, 2.05) is 121 Å². The predicted molar refractivity (Wildman–Crippen MR) is 112 cm³/mol. The summed E-state index contributed by atoms with van der Waals surface area (Å²) in [5.41, 5.74) is 4.48. The number of anilines is 4. The van der Waals surface area contributed by atoms with Gasteiger partial charge in [-0.2, -0.15) is 0 Å². The van der Waals surface area contributed by atoms with E-state index in [9.17, 15) is 0 Å². The zero-order chi connectivity index (χ0) is 17.9. The first-order valence-corrected chi connectivity index (χ1v) is 8.64. The third kappa shape index (κ3) is 5.84. The molecule has 0 heterocycles. The van der Waals surface area contributed by atoms with Crippen LogP contribution in [0.25, 0.3) is 0 Å². The topological polar surface area (TPSA) is 24.1 Å². The summed E-state index contributed by atoms with van der Waals surface area (Å²) in [6, 6.07) is 40.6. The number of hydrogen-bond donors (Lipinski definition) is 2. The molecule has 4 aromatic carbocycles. The molecular formula is C24H22N2. The molecule has 0 unspecified atom stereocenters. The van der Waals surface area contributed by atoms with Crippen molar-refractivity contribution in [2.45, 2.75) is 0 Å². The molecule has 0 fully saturated rings. The maximum Gasteiger partial charge on any atom is 0.0384 e. The van der Waals surface area contributed by atoms with Crippen molar-refractivity contribution in [1.29, 1.82) is 0 Å². The van der Waals surface area contributed by atoms with Crippen molar-refractivity contribution in [2.24, 2.45) is 0 Å². The van der Waals surface area contributed by atoms with Crippen molar-refractivity contribution in [2.75, 3.05) is 10.6 Å². The summed E-state index contributed by atoms with van der Waals surface area (Å²) in [7, 11) is 0. The molecule has 0 spiro atoms. The lowest BCUT2D eigenvalue weighted by Crippen LogP contribution is -1.87. The molecular weight excluding hydrogens is 316 g/mol. The number of nitrogens with one attached hydrogen (secondary N) is 2. The van der Waals surface area contributed by atoms with Gasteiger partial charge in [0.2, 0.25) is 0 Å². The first-order chi connectivity index (χ1) is 12.9. The highest BCUT2D eigenvalue weighted by atomic mass is 14.9. The highest BCUT2D eigenvalue weighted by Crippen LogP contribution is 2.15. The van der Waals surface area contributed by atoms with Crippen molar-refractivity contribution in [1.82, 2.24) is 0 Å². The quantitative estimate of drug-likeness (QED) is 0.425. The minimum atomic E-state index is 1.12. The molecule has 26 heavy (non-hydrogen) atoms. The minimum Gasteiger partial charge on any atom is -0.356 e. The summed E-state index contributed by atoms with van der Waals surface area (Å²) in [6.45, 7) is 0. The minimum absolute atomic E-state index is 1.12. The Morgan fingerprint density at radius 2 is 0.462 bits per heavy atom. The van der Waals surface area contributed by atoms with Crippen molar-refractivity contribution in [3.8, 4) is 0 Å². The highest BCUT2D eigenvalue weighted by molar-refractivity contribution is 5.59. The van der Waals surface area contributed by atoms with Gasteiger partial charge in [-0.1, -0.05) is 72.8 Å². The Hall–Kier alpha value is -3.52. The molecule has 2 N–H and O–H groups in total. The van der Waals surface area contributed by atoms with Gasteiger partial charge in [-0.25, -0.2) is 0 Å². The second-order valence-electron chi connectivity index (χ2n) is 5.71. The summed E-state index contributed by atoms with van der Waals surface area (Å²) in [6.07, 6.45) is 0. The van der Waals surface area contributed by atoms with Crippen LogP contribution in [0.15, 0.2) is 121 Å². The van der Waals surface area contributed by atoms with Crippen molar-refractivity contribution in [3.63, 3.8) is 0 Å². The lowest BCUT2D eigenvalue weighted by atomic mass is 10.3. The Morgan fingerprint density at radius 3 is 0.654 bits per heavy atom. The Labute approximate surface area is 155 Å². The molecule has 0 aliphatic carbocycles. The van der Waals surface area contributed by atoms with Crippen LogP contribution in [0.1, 0.15) is 0 Å². The smallest absolute Gasteiger partial charge is 0.0384 e. The fraction of sp³-hybridized carbons (Fsp3) is 0. The standard InChI is InChI=1S/2C12H11N/c2*1-3-7-11(8-4-1)13-12-9-5-2-6-10-12/h2*1-10,13H. The van der Waals surface area contributed by atoms with Crippen LogP contribution >= 0.6 is 0 Å². The molecule has 2 nitrogen and oxygen atoms in total. The monoisotopic (exact) mass is 338 g/mol. The SMILES string of the molecule is c1ccc(Nc2ccccc2)cc1.c1ccc(Nc2ccccc2)cc1. The second kappa shape index (κ2) is 9.70. The summed E-state index contributed by atoms with van der Waals surface area (Å²) < 4.78 is 0. The summed E-state index contributed by atoms with van der Waals surface area (Å²) in [5, 5.41) is 6.61. The Kier molecular flexibility index (Phi) is 6.46. The zero-order valence-corrected chi connectivity index (χ0v) is 14.5. The number of para-hydroxylation sites is 4. The van der Waals surface area contributed by atoms with Gasteiger partial charge in [-0.05, 0) is 48.5 Å². The molecule has 2 heteroatoms.